The van der Waals surface area contributed by atoms with Crippen LogP contribution in [-0.2, 0) is 14.8 Å². The topological polar surface area (TPSA) is 198 Å². The number of hydrogen-bond acceptors (Lipinski definition) is 14. The number of ether oxygens (including phenoxy) is 2. The summed E-state index contributed by atoms with van der Waals surface area (Å²) in [5, 5.41) is 16.0. The molecule has 0 bridgehead atoms. The molecule has 8 rings (SSSR count). The SMILES string of the molecule is CC1(C)CCC(CN2CCN(c3ccc(C(=O)NS(=O)(=O)c4ccc(NCC5CCOCC5)c([N+](=O)[O-])c4)c(N4CCCOc5nc(N)cnc54)c3)CC2)=C(c2ccc(Cl)cc2)C1. The van der Waals surface area contributed by atoms with Crippen molar-refractivity contribution in [1.29, 1.82) is 0 Å². The van der Waals surface area contributed by atoms with Crippen LogP contribution < -0.4 is 30.3 Å². The minimum absolute atomic E-state index is 0.0542. The zero-order chi connectivity index (χ0) is 44.3. The number of nitro benzene ring substituents is 1. The van der Waals surface area contributed by atoms with Crippen molar-refractivity contribution in [3.05, 3.63) is 98.7 Å². The molecule has 63 heavy (non-hydrogen) atoms. The minimum Gasteiger partial charge on any atom is -0.475 e. The maximum atomic E-state index is 14.2. The Kier molecular flexibility index (Phi) is 13.1. The Morgan fingerprint density at radius 3 is 2.52 bits per heavy atom. The Morgan fingerprint density at radius 2 is 1.78 bits per heavy atom. The van der Waals surface area contributed by atoms with Gasteiger partial charge in [-0.05, 0) is 103 Å². The molecule has 0 radical (unpaired) electrons. The molecule has 0 unspecified atom stereocenters. The predicted molar refractivity (Wildman–Crippen MR) is 244 cm³/mol. The van der Waals surface area contributed by atoms with Gasteiger partial charge in [-0.1, -0.05) is 43.2 Å². The molecule has 18 heteroatoms. The van der Waals surface area contributed by atoms with Crippen LogP contribution in [0.2, 0.25) is 5.02 Å². The molecular weight excluding hydrogens is 846 g/mol. The lowest BCUT2D eigenvalue weighted by Crippen LogP contribution is -2.47. The number of aromatic nitrogens is 2. The van der Waals surface area contributed by atoms with Gasteiger partial charge in [-0.15, -0.1) is 0 Å². The van der Waals surface area contributed by atoms with E-state index in [1.807, 2.05) is 24.3 Å². The number of allylic oxidation sites excluding steroid dienone is 1. The van der Waals surface area contributed by atoms with Crippen molar-refractivity contribution in [1.82, 2.24) is 19.6 Å². The first-order valence-corrected chi connectivity index (χ1v) is 23.4. The molecule has 2 saturated heterocycles. The number of rotatable bonds is 12. The number of anilines is 5. The van der Waals surface area contributed by atoms with E-state index in [0.717, 1.165) is 81.6 Å². The van der Waals surface area contributed by atoms with Gasteiger partial charge >= 0.3 is 0 Å². The second kappa shape index (κ2) is 18.7. The number of nitrogen functional groups attached to an aromatic ring is 1. The smallest absolute Gasteiger partial charge is 0.293 e. The van der Waals surface area contributed by atoms with Gasteiger partial charge in [0, 0.05) is 75.8 Å². The Balaban J connectivity index is 1.04. The van der Waals surface area contributed by atoms with Gasteiger partial charge in [0.05, 0.1) is 33.9 Å². The van der Waals surface area contributed by atoms with Crippen molar-refractivity contribution < 1.29 is 27.6 Å². The number of sulfonamides is 1. The normalized spacial score (nSPS) is 18.6. The molecule has 4 N–H and O–H groups in total. The van der Waals surface area contributed by atoms with Crippen LogP contribution in [-0.4, -0.2) is 99.8 Å². The van der Waals surface area contributed by atoms with Gasteiger partial charge in [-0.3, -0.25) is 19.8 Å². The van der Waals surface area contributed by atoms with Crippen LogP contribution >= 0.6 is 11.6 Å². The van der Waals surface area contributed by atoms with E-state index in [-0.39, 0.29) is 34.3 Å². The third-order valence-corrected chi connectivity index (χ3v) is 14.0. The summed E-state index contributed by atoms with van der Waals surface area (Å²) in [5.74, 6) is 0.0471. The quantitative estimate of drug-likeness (QED) is 0.0947. The Bertz CT molecular complexity index is 2490. The number of carbonyl (C=O) groups is 1. The van der Waals surface area contributed by atoms with Crippen molar-refractivity contribution in [2.24, 2.45) is 11.3 Å². The van der Waals surface area contributed by atoms with Crippen LogP contribution in [0.15, 0.2) is 77.3 Å². The van der Waals surface area contributed by atoms with Gasteiger partial charge < -0.3 is 30.3 Å². The van der Waals surface area contributed by atoms with Gasteiger partial charge in [0.1, 0.15) is 11.5 Å². The number of nitrogens with two attached hydrogens (primary N) is 1. The predicted octanol–water partition coefficient (Wildman–Crippen LogP) is 7.28. The molecule has 16 nitrogen and oxygen atoms in total. The van der Waals surface area contributed by atoms with E-state index in [1.54, 1.807) is 11.0 Å². The summed E-state index contributed by atoms with van der Waals surface area (Å²) >= 11 is 6.25. The molecule has 3 aliphatic heterocycles. The zero-order valence-electron chi connectivity index (χ0n) is 35.6. The highest BCUT2D eigenvalue weighted by atomic mass is 35.5. The molecule has 4 aromatic rings. The number of fused-ring (bicyclic) bond motifs is 1. The van der Waals surface area contributed by atoms with Crippen LogP contribution in [0.4, 0.5) is 34.4 Å². The summed E-state index contributed by atoms with van der Waals surface area (Å²) in [6.45, 7) is 11.1. The van der Waals surface area contributed by atoms with Crippen LogP contribution in [0.25, 0.3) is 5.57 Å². The summed E-state index contributed by atoms with van der Waals surface area (Å²) in [6.07, 6.45) is 6.77. The average molecular weight is 901 g/mol. The number of benzene rings is 3. The first-order chi connectivity index (χ1) is 30.2. The highest BCUT2D eigenvalue weighted by molar-refractivity contribution is 7.90. The number of halogens is 1. The van der Waals surface area contributed by atoms with Gasteiger partial charge in [0.2, 0.25) is 0 Å². The number of hydrogen-bond donors (Lipinski definition) is 3. The number of carbonyl (C=O) groups excluding carboxylic acids is 1. The van der Waals surface area contributed by atoms with Gasteiger partial charge in [-0.2, -0.15) is 4.98 Å². The lowest BCUT2D eigenvalue weighted by atomic mass is 9.72. The largest absolute Gasteiger partial charge is 0.475 e. The standard InChI is InChI=1S/C45H54ClN9O7S/c1-45(2)15-12-32(37(26-45)31-4-6-33(46)7-5-31)29-52-17-19-53(20-18-52)34-8-10-36(39(24-34)54-16-3-21-62-44-42(54)49-28-41(47)50-44)43(56)51-63(59,60)35-9-11-38(40(25-35)55(57)58)48-27-30-13-22-61-23-14-30/h4-11,24-25,28,30,48H,3,12-23,26-27,29H2,1-2H3,(H2,47,50)(H,51,56). The number of piperazine rings is 1. The van der Waals surface area contributed by atoms with E-state index >= 15 is 0 Å². The summed E-state index contributed by atoms with van der Waals surface area (Å²) in [6, 6.07) is 17.1. The fraction of sp³-hybridized carbons (Fsp3) is 0.444. The lowest BCUT2D eigenvalue weighted by Gasteiger charge is -2.39. The third-order valence-electron chi connectivity index (χ3n) is 12.4. The molecule has 0 atom stereocenters. The second-order valence-electron chi connectivity index (χ2n) is 17.5. The zero-order valence-corrected chi connectivity index (χ0v) is 37.2. The average Bonchev–Trinajstić information content (AvgIpc) is 3.48. The summed E-state index contributed by atoms with van der Waals surface area (Å²) in [4.78, 5) is 40.8. The molecule has 0 saturated carbocycles. The molecule has 1 amide bonds. The van der Waals surface area contributed by atoms with Crippen molar-refractivity contribution >= 4 is 67.5 Å². The molecule has 2 fully saturated rings. The van der Waals surface area contributed by atoms with E-state index in [9.17, 15) is 23.3 Å². The molecule has 1 aromatic heterocycles. The number of amides is 1. The number of nitrogens with zero attached hydrogens (tertiary/aromatic N) is 6. The molecule has 3 aromatic carbocycles. The molecule has 0 spiro atoms. The summed E-state index contributed by atoms with van der Waals surface area (Å²) < 4.78 is 41.2. The highest BCUT2D eigenvalue weighted by Crippen LogP contribution is 2.44. The third kappa shape index (κ3) is 10.3. The van der Waals surface area contributed by atoms with Crippen molar-refractivity contribution in [3.8, 4) is 5.88 Å². The first-order valence-electron chi connectivity index (χ1n) is 21.5. The van der Waals surface area contributed by atoms with Crippen molar-refractivity contribution in [2.75, 3.05) is 86.5 Å². The monoisotopic (exact) mass is 899 g/mol. The maximum Gasteiger partial charge on any atom is 0.293 e. The van der Waals surface area contributed by atoms with Crippen LogP contribution in [0, 0.1) is 21.4 Å². The molecule has 334 valence electrons. The Morgan fingerprint density at radius 1 is 1.02 bits per heavy atom. The van der Waals surface area contributed by atoms with Crippen LogP contribution in [0.5, 0.6) is 5.88 Å². The van der Waals surface area contributed by atoms with Crippen molar-refractivity contribution in [3.63, 3.8) is 0 Å². The van der Waals surface area contributed by atoms with Gasteiger partial charge in [0.25, 0.3) is 27.5 Å². The van der Waals surface area contributed by atoms with E-state index in [4.69, 9.17) is 26.8 Å². The summed E-state index contributed by atoms with van der Waals surface area (Å²) in [5.41, 5.74) is 11.4. The fourth-order valence-electron chi connectivity index (χ4n) is 8.84. The van der Waals surface area contributed by atoms with Crippen LogP contribution in [0.1, 0.15) is 68.3 Å². The lowest BCUT2D eigenvalue weighted by molar-refractivity contribution is -0.384. The van der Waals surface area contributed by atoms with Gasteiger partial charge in [0.15, 0.2) is 5.82 Å². The molecule has 4 aliphatic rings. The maximum absolute atomic E-state index is 14.2. The van der Waals surface area contributed by atoms with Crippen molar-refractivity contribution in [2.45, 2.75) is 57.3 Å². The Hall–Kier alpha value is -5.49. The highest BCUT2D eigenvalue weighted by Gasteiger charge is 2.32. The first kappa shape index (κ1) is 44.1. The van der Waals surface area contributed by atoms with E-state index in [2.05, 4.69) is 55.8 Å². The summed E-state index contributed by atoms with van der Waals surface area (Å²) in [7, 11) is -4.58. The van der Waals surface area contributed by atoms with E-state index in [0.29, 0.717) is 50.8 Å². The molecular formula is C45H54ClN9O7S. The fourth-order valence-corrected chi connectivity index (χ4v) is 9.95. The Labute approximate surface area is 373 Å². The number of nitro groups is 1. The van der Waals surface area contributed by atoms with E-state index < -0.39 is 31.4 Å². The second-order valence-corrected chi connectivity index (χ2v) is 19.6. The van der Waals surface area contributed by atoms with Gasteiger partial charge in [-0.25, -0.2) is 18.1 Å². The minimum atomic E-state index is -4.58. The van der Waals surface area contributed by atoms with E-state index in [1.165, 1.54) is 35.0 Å². The van der Waals surface area contributed by atoms with Crippen LogP contribution in [0.3, 0.4) is 0 Å². The molecule has 1 aliphatic carbocycles. The number of nitrogens with one attached hydrogen (secondary N) is 2. The molecule has 4 heterocycles.